The van der Waals surface area contributed by atoms with Crippen molar-refractivity contribution >= 4 is 13.8 Å². The first-order valence-corrected chi connectivity index (χ1v) is 28.9. The smallest absolute Gasteiger partial charge is 0.457 e. The summed E-state index contributed by atoms with van der Waals surface area (Å²) in [7, 11) is -4.65. The monoisotopic (exact) mass is 887 g/mol. The lowest BCUT2D eigenvalue weighted by Crippen LogP contribution is -2.28. The summed E-state index contributed by atoms with van der Waals surface area (Å²) in [6, 6.07) is 0. The molecule has 0 heterocycles. The molecule has 7 nitrogen and oxygen atoms in total. The number of carbonyl (C=O) groups excluding carboxylic acids is 1. The molecule has 61 heavy (non-hydrogen) atoms. The lowest BCUT2D eigenvalue weighted by atomic mass is 10.0. The third-order valence-electron chi connectivity index (χ3n) is 12.7. The standard InChI is InChI=1S/C53H107O7P/c1-3-5-7-9-11-13-15-17-18-19-20-21-22-23-24-25-26-27-28-29-30-31-32-33-34-35-36-37-38-40-42-44-46-48-53(54)60-52(51-59-61(55,56)57)50-58-49-47-45-43-41-39-16-14-12-10-8-6-4-2/h52H,3-51H2,1-2H3,(H2,55,56,57)/t52-/m1/s1. The van der Waals surface area contributed by atoms with Crippen molar-refractivity contribution in [2.75, 3.05) is 19.8 Å². The first kappa shape index (κ1) is 60.5. The van der Waals surface area contributed by atoms with Crippen molar-refractivity contribution < 1.29 is 33.1 Å². The van der Waals surface area contributed by atoms with Crippen LogP contribution in [-0.2, 0) is 23.4 Å². The van der Waals surface area contributed by atoms with E-state index < -0.39 is 13.9 Å². The average molecular weight is 887 g/mol. The number of phosphoric ester groups is 1. The van der Waals surface area contributed by atoms with Crippen molar-refractivity contribution in [3.05, 3.63) is 0 Å². The largest absolute Gasteiger partial charge is 0.469 e. The maximum absolute atomic E-state index is 12.5. The van der Waals surface area contributed by atoms with E-state index in [-0.39, 0.29) is 19.2 Å². The van der Waals surface area contributed by atoms with Crippen molar-refractivity contribution in [3.8, 4) is 0 Å². The first-order valence-electron chi connectivity index (χ1n) is 27.4. The quantitative estimate of drug-likeness (QED) is 0.0356. The van der Waals surface area contributed by atoms with Gasteiger partial charge in [-0.05, 0) is 12.8 Å². The molecule has 8 heteroatoms. The molecule has 2 N–H and O–H groups in total. The van der Waals surface area contributed by atoms with E-state index in [0.29, 0.717) is 13.0 Å². The summed E-state index contributed by atoms with van der Waals surface area (Å²) in [5.74, 6) is -0.353. The Morgan fingerprint density at radius 1 is 0.377 bits per heavy atom. The molecule has 0 aliphatic carbocycles. The van der Waals surface area contributed by atoms with Gasteiger partial charge in [0, 0.05) is 13.0 Å². The summed E-state index contributed by atoms with van der Waals surface area (Å²) in [6.07, 6.45) is 60.2. The zero-order chi connectivity index (χ0) is 44.4. The van der Waals surface area contributed by atoms with E-state index >= 15 is 0 Å². The molecular weight excluding hydrogens is 780 g/mol. The number of esters is 1. The molecule has 0 aliphatic heterocycles. The molecule has 0 rings (SSSR count). The molecule has 0 bridgehead atoms. The van der Waals surface area contributed by atoms with E-state index in [1.54, 1.807) is 0 Å². The van der Waals surface area contributed by atoms with Crippen LogP contribution in [0, 0.1) is 0 Å². The maximum Gasteiger partial charge on any atom is 0.469 e. The van der Waals surface area contributed by atoms with Gasteiger partial charge in [0.25, 0.3) is 0 Å². The number of ether oxygens (including phenoxy) is 2. The molecule has 0 amide bonds. The minimum atomic E-state index is -4.65. The minimum Gasteiger partial charge on any atom is -0.457 e. The minimum absolute atomic E-state index is 0.0867. The molecule has 366 valence electrons. The van der Waals surface area contributed by atoms with Crippen LogP contribution in [0.4, 0.5) is 0 Å². The van der Waals surface area contributed by atoms with Crippen LogP contribution in [0.15, 0.2) is 0 Å². The Morgan fingerprint density at radius 3 is 0.885 bits per heavy atom. The molecule has 0 radical (unpaired) electrons. The lowest BCUT2D eigenvalue weighted by molar-refractivity contribution is -0.154. The van der Waals surface area contributed by atoms with Crippen LogP contribution < -0.4 is 0 Å². The predicted octanol–water partition coefficient (Wildman–Crippen LogP) is 18.0. The summed E-state index contributed by atoms with van der Waals surface area (Å²) in [4.78, 5) is 30.7. The van der Waals surface area contributed by atoms with Crippen molar-refractivity contribution in [2.45, 2.75) is 315 Å². The van der Waals surface area contributed by atoms with Gasteiger partial charge in [0.15, 0.2) is 0 Å². The molecule has 0 unspecified atom stereocenters. The Balaban J connectivity index is 3.51. The van der Waals surface area contributed by atoms with Crippen molar-refractivity contribution in [1.29, 1.82) is 0 Å². The molecule has 0 aromatic carbocycles. The SMILES string of the molecule is CCCCCCCCCCCCCCCCCCCCCCCCCCCCCCCCCCCC(=O)O[C@H](COCCCCCCCCCCCCCC)COP(=O)(O)O. The van der Waals surface area contributed by atoms with Crippen LogP contribution in [0.1, 0.15) is 309 Å². The Morgan fingerprint density at radius 2 is 0.623 bits per heavy atom. The second-order valence-electron chi connectivity index (χ2n) is 18.9. The number of rotatable bonds is 53. The Hall–Kier alpha value is -0.460. The Labute approximate surface area is 380 Å². The van der Waals surface area contributed by atoms with Gasteiger partial charge in [0.2, 0.25) is 0 Å². The molecule has 0 aromatic rings. The van der Waals surface area contributed by atoms with Crippen LogP contribution in [-0.4, -0.2) is 41.7 Å². The van der Waals surface area contributed by atoms with Crippen LogP contribution in [0.3, 0.4) is 0 Å². The highest BCUT2D eigenvalue weighted by Gasteiger charge is 2.21. The highest BCUT2D eigenvalue weighted by Crippen LogP contribution is 2.36. The van der Waals surface area contributed by atoms with Gasteiger partial charge in [-0.2, -0.15) is 0 Å². The van der Waals surface area contributed by atoms with Crippen molar-refractivity contribution in [1.82, 2.24) is 0 Å². The zero-order valence-corrected chi connectivity index (χ0v) is 42.0. The fourth-order valence-electron chi connectivity index (χ4n) is 8.62. The Kier molecular flexibility index (Phi) is 50.2. The van der Waals surface area contributed by atoms with E-state index in [1.807, 2.05) is 0 Å². The van der Waals surface area contributed by atoms with Crippen molar-refractivity contribution in [3.63, 3.8) is 0 Å². The van der Waals surface area contributed by atoms with Gasteiger partial charge >= 0.3 is 13.8 Å². The normalized spacial score (nSPS) is 12.4. The van der Waals surface area contributed by atoms with E-state index in [1.165, 1.54) is 257 Å². The maximum atomic E-state index is 12.5. The summed E-state index contributed by atoms with van der Waals surface area (Å²) in [5.41, 5.74) is 0. The van der Waals surface area contributed by atoms with Gasteiger partial charge in [-0.3, -0.25) is 9.32 Å². The molecule has 0 aromatic heterocycles. The Bertz CT molecular complexity index is 896. The molecular formula is C53H107O7P. The molecule has 0 fully saturated rings. The van der Waals surface area contributed by atoms with Gasteiger partial charge in [-0.15, -0.1) is 0 Å². The number of carbonyl (C=O) groups is 1. The third kappa shape index (κ3) is 53.8. The van der Waals surface area contributed by atoms with Gasteiger partial charge in [0.1, 0.15) is 6.10 Å². The molecule has 0 saturated carbocycles. The fraction of sp³-hybridized carbons (Fsp3) is 0.981. The summed E-state index contributed by atoms with van der Waals surface area (Å²) in [5, 5.41) is 0. The summed E-state index contributed by atoms with van der Waals surface area (Å²) < 4.78 is 27.1. The molecule has 0 aliphatic rings. The highest BCUT2D eigenvalue weighted by atomic mass is 31.2. The van der Waals surface area contributed by atoms with Gasteiger partial charge in [-0.1, -0.05) is 290 Å². The van der Waals surface area contributed by atoms with Gasteiger partial charge < -0.3 is 19.3 Å². The number of hydrogen-bond donors (Lipinski definition) is 2. The van der Waals surface area contributed by atoms with Crippen LogP contribution >= 0.6 is 7.82 Å². The van der Waals surface area contributed by atoms with Gasteiger partial charge in [-0.25, -0.2) is 4.57 Å². The zero-order valence-electron chi connectivity index (χ0n) is 41.1. The topological polar surface area (TPSA) is 102 Å². The molecule has 0 saturated heterocycles. The predicted molar refractivity (Wildman–Crippen MR) is 262 cm³/mol. The van der Waals surface area contributed by atoms with E-state index in [4.69, 9.17) is 19.3 Å². The average Bonchev–Trinajstić information content (AvgIpc) is 3.24. The summed E-state index contributed by atoms with van der Waals surface area (Å²) in [6.45, 7) is 4.82. The first-order chi connectivity index (χ1) is 29.9. The van der Waals surface area contributed by atoms with E-state index in [0.717, 1.165) is 32.1 Å². The van der Waals surface area contributed by atoms with E-state index in [2.05, 4.69) is 18.4 Å². The number of phosphoric acid groups is 1. The van der Waals surface area contributed by atoms with Crippen molar-refractivity contribution in [2.24, 2.45) is 0 Å². The number of unbranched alkanes of at least 4 members (excludes halogenated alkanes) is 43. The third-order valence-corrected chi connectivity index (χ3v) is 13.1. The second kappa shape index (κ2) is 50.5. The lowest BCUT2D eigenvalue weighted by Gasteiger charge is -2.18. The second-order valence-corrected chi connectivity index (χ2v) is 20.2. The number of hydrogen-bond acceptors (Lipinski definition) is 5. The molecule has 1 atom stereocenters. The van der Waals surface area contributed by atoms with Gasteiger partial charge in [0.05, 0.1) is 13.2 Å². The highest BCUT2D eigenvalue weighted by molar-refractivity contribution is 7.46. The molecule has 0 spiro atoms. The van der Waals surface area contributed by atoms with Crippen LogP contribution in [0.25, 0.3) is 0 Å². The summed E-state index contributed by atoms with van der Waals surface area (Å²) >= 11 is 0. The fourth-order valence-corrected chi connectivity index (χ4v) is 8.98. The van der Waals surface area contributed by atoms with Crippen LogP contribution in [0.5, 0.6) is 0 Å². The van der Waals surface area contributed by atoms with Crippen LogP contribution in [0.2, 0.25) is 0 Å². The van der Waals surface area contributed by atoms with E-state index in [9.17, 15) is 9.36 Å².